The molecule has 150 valence electrons. The molecule has 6 heteroatoms. The van der Waals surface area contributed by atoms with Crippen molar-refractivity contribution in [3.8, 4) is 0 Å². The van der Waals surface area contributed by atoms with Crippen LogP contribution in [-0.4, -0.2) is 11.6 Å². The number of aromatic nitrogens is 1. The Morgan fingerprint density at radius 1 is 0.839 bits per heavy atom. The van der Waals surface area contributed by atoms with E-state index in [-0.39, 0.29) is 24.5 Å². The average molecular weight is 407 g/mol. The molecule has 6 nitrogen and oxygen atoms in total. The highest BCUT2D eigenvalue weighted by molar-refractivity contribution is 6.00. The maximum absolute atomic E-state index is 13.1. The summed E-state index contributed by atoms with van der Waals surface area (Å²) >= 11 is 0. The number of nitrogens with zero attached hydrogens (tertiary/aromatic N) is 4. The molecule has 0 N–H and O–H groups in total. The number of azide groups is 1. The Morgan fingerprint density at radius 2 is 1.58 bits per heavy atom. The van der Waals surface area contributed by atoms with Gasteiger partial charge in [0.25, 0.3) is 0 Å². The summed E-state index contributed by atoms with van der Waals surface area (Å²) in [6.07, 6.45) is 1.96. The monoisotopic (exact) mass is 407 g/mol. The number of hydrogen-bond acceptors (Lipinski definition) is 3. The molecule has 0 aliphatic rings. The van der Waals surface area contributed by atoms with Crippen LogP contribution in [0.25, 0.3) is 21.2 Å². The highest BCUT2D eigenvalue weighted by Gasteiger charge is 2.22. The van der Waals surface area contributed by atoms with Crippen LogP contribution >= 0.6 is 0 Å². The SMILES string of the molecule is [N-]=[N+]=Nc1cccc(C(=O)Cc2c3ccccc3cc[n+]2CC(=O)c2ccccc2)c1. The van der Waals surface area contributed by atoms with Gasteiger partial charge in [-0.05, 0) is 23.1 Å². The van der Waals surface area contributed by atoms with E-state index in [2.05, 4.69) is 10.0 Å². The second-order valence-corrected chi connectivity index (χ2v) is 7.11. The fourth-order valence-corrected chi connectivity index (χ4v) is 3.58. The third kappa shape index (κ3) is 4.50. The minimum absolute atomic E-state index is 0.0278. The van der Waals surface area contributed by atoms with E-state index >= 15 is 0 Å². The Hall–Kier alpha value is -4.28. The first kappa shape index (κ1) is 20.0. The first-order valence-corrected chi connectivity index (χ1v) is 9.82. The number of rotatable bonds is 7. The number of carbonyl (C=O) groups is 2. The Labute approximate surface area is 179 Å². The van der Waals surface area contributed by atoms with E-state index in [1.54, 1.807) is 36.4 Å². The molecule has 1 heterocycles. The quantitative estimate of drug-likeness (QED) is 0.135. The molecule has 4 rings (SSSR count). The zero-order valence-electron chi connectivity index (χ0n) is 16.7. The fraction of sp³-hybridized carbons (Fsp3) is 0.0800. The van der Waals surface area contributed by atoms with E-state index < -0.39 is 0 Å². The number of ketones is 2. The maximum Gasteiger partial charge on any atom is 0.227 e. The molecular formula is C25H19N4O2+. The van der Waals surface area contributed by atoms with Gasteiger partial charge in [-0.1, -0.05) is 71.8 Å². The molecule has 0 bridgehead atoms. The zero-order valence-corrected chi connectivity index (χ0v) is 16.7. The van der Waals surface area contributed by atoms with Crippen molar-refractivity contribution in [1.82, 2.24) is 0 Å². The van der Waals surface area contributed by atoms with Crippen LogP contribution < -0.4 is 4.57 Å². The molecule has 0 saturated carbocycles. The van der Waals surface area contributed by atoms with Crippen LogP contribution in [0.3, 0.4) is 0 Å². The van der Waals surface area contributed by atoms with Gasteiger partial charge in [0.2, 0.25) is 12.3 Å². The summed E-state index contributed by atoms with van der Waals surface area (Å²) in [6.45, 7) is 0.135. The normalized spacial score (nSPS) is 10.5. The van der Waals surface area contributed by atoms with Gasteiger partial charge in [0.1, 0.15) is 0 Å². The molecule has 0 amide bonds. The van der Waals surface area contributed by atoms with Gasteiger partial charge < -0.3 is 0 Å². The number of fused-ring (bicyclic) bond motifs is 1. The van der Waals surface area contributed by atoms with Crippen LogP contribution in [0.1, 0.15) is 26.4 Å². The van der Waals surface area contributed by atoms with Crippen LogP contribution in [0.15, 0.2) is 96.2 Å². The van der Waals surface area contributed by atoms with Crippen molar-refractivity contribution in [2.24, 2.45) is 5.11 Å². The van der Waals surface area contributed by atoms with Crippen molar-refractivity contribution in [3.63, 3.8) is 0 Å². The molecule has 0 spiro atoms. The lowest BCUT2D eigenvalue weighted by atomic mass is 10.0. The first-order valence-electron chi connectivity index (χ1n) is 9.82. The van der Waals surface area contributed by atoms with E-state index in [0.29, 0.717) is 16.8 Å². The lowest BCUT2D eigenvalue weighted by molar-refractivity contribution is -0.688. The molecular weight excluding hydrogens is 388 g/mol. The van der Waals surface area contributed by atoms with Crippen LogP contribution in [0.5, 0.6) is 0 Å². The topological polar surface area (TPSA) is 86.8 Å². The van der Waals surface area contributed by atoms with Gasteiger partial charge in [0.05, 0.1) is 6.42 Å². The van der Waals surface area contributed by atoms with Crippen molar-refractivity contribution in [3.05, 3.63) is 118 Å². The molecule has 0 fully saturated rings. The van der Waals surface area contributed by atoms with Gasteiger partial charge in [-0.2, -0.15) is 4.57 Å². The van der Waals surface area contributed by atoms with Crippen LogP contribution in [0, 0.1) is 0 Å². The second kappa shape index (κ2) is 9.03. The summed E-state index contributed by atoms with van der Waals surface area (Å²) in [4.78, 5) is 28.7. The number of carbonyl (C=O) groups excluding carboxylic acids is 2. The van der Waals surface area contributed by atoms with Gasteiger partial charge in [0, 0.05) is 33.2 Å². The molecule has 0 aliphatic carbocycles. The van der Waals surface area contributed by atoms with E-state index in [0.717, 1.165) is 16.5 Å². The number of hydrogen-bond donors (Lipinski definition) is 0. The first-order chi connectivity index (χ1) is 15.2. The number of pyridine rings is 1. The molecule has 0 atom stereocenters. The molecule has 0 radical (unpaired) electrons. The maximum atomic E-state index is 13.1. The molecule has 4 aromatic rings. The highest BCUT2D eigenvalue weighted by atomic mass is 16.1. The summed E-state index contributed by atoms with van der Waals surface area (Å²) in [5, 5.41) is 5.49. The number of Topliss-reactive ketones (excluding diaryl/α,β-unsaturated/α-hetero) is 2. The fourth-order valence-electron chi connectivity index (χ4n) is 3.58. The highest BCUT2D eigenvalue weighted by Crippen LogP contribution is 2.20. The standard InChI is InChI=1S/C25H19N4O2/c26-28-27-21-11-6-10-20(15-21)24(30)16-23-22-12-5-4-7-18(22)13-14-29(23)17-25(31)19-8-2-1-3-9-19/h1-15H,16-17H2/q+1. The lowest BCUT2D eigenvalue weighted by Gasteiger charge is -2.08. The van der Waals surface area contributed by atoms with Gasteiger partial charge in [-0.25, -0.2) is 0 Å². The molecule has 31 heavy (non-hydrogen) atoms. The average Bonchev–Trinajstić information content (AvgIpc) is 2.81. The van der Waals surface area contributed by atoms with Crippen molar-refractivity contribution in [2.45, 2.75) is 13.0 Å². The lowest BCUT2D eigenvalue weighted by Crippen LogP contribution is -2.42. The van der Waals surface area contributed by atoms with Crippen LogP contribution in [-0.2, 0) is 13.0 Å². The predicted octanol–water partition coefficient (Wildman–Crippen LogP) is 5.38. The summed E-state index contributed by atoms with van der Waals surface area (Å²) in [6, 6.07) is 25.5. The van der Waals surface area contributed by atoms with Gasteiger partial charge in [0.15, 0.2) is 17.7 Å². The molecule has 1 aromatic heterocycles. The van der Waals surface area contributed by atoms with Crippen molar-refractivity contribution >= 4 is 28.0 Å². The molecule has 3 aromatic carbocycles. The van der Waals surface area contributed by atoms with Gasteiger partial charge in [-0.15, -0.1) is 0 Å². The number of benzene rings is 3. The summed E-state index contributed by atoms with van der Waals surface area (Å²) in [5.74, 6) is -0.146. The van der Waals surface area contributed by atoms with E-state index in [9.17, 15) is 9.59 Å². The van der Waals surface area contributed by atoms with Crippen molar-refractivity contribution in [1.29, 1.82) is 0 Å². The smallest absolute Gasteiger partial charge is 0.227 e. The minimum atomic E-state index is -0.118. The van der Waals surface area contributed by atoms with E-state index in [1.807, 2.05) is 59.3 Å². The predicted molar refractivity (Wildman–Crippen MR) is 118 cm³/mol. The second-order valence-electron chi connectivity index (χ2n) is 7.11. The Balaban J connectivity index is 1.72. The molecule has 0 saturated heterocycles. The zero-order chi connectivity index (χ0) is 21.6. The van der Waals surface area contributed by atoms with Gasteiger partial charge >= 0.3 is 0 Å². The Morgan fingerprint density at radius 3 is 2.39 bits per heavy atom. The van der Waals surface area contributed by atoms with E-state index in [4.69, 9.17) is 5.53 Å². The third-order valence-corrected chi connectivity index (χ3v) is 5.12. The van der Waals surface area contributed by atoms with Crippen molar-refractivity contribution < 1.29 is 14.2 Å². The van der Waals surface area contributed by atoms with Crippen LogP contribution in [0.4, 0.5) is 5.69 Å². The summed E-state index contributed by atoms with van der Waals surface area (Å²) < 4.78 is 1.84. The summed E-state index contributed by atoms with van der Waals surface area (Å²) in [7, 11) is 0. The molecule has 0 unspecified atom stereocenters. The Kier molecular flexibility index (Phi) is 5.83. The van der Waals surface area contributed by atoms with Crippen LogP contribution in [0.2, 0.25) is 0 Å². The van der Waals surface area contributed by atoms with Crippen molar-refractivity contribution in [2.75, 3.05) is 0 Å². The minimum Gasteiger partial charge on any atom is -0.294 e. The van der Waals surface area contributed by atoms with Gasteiger partial charge in [-0.3, -0.25) is 9.59 Å². The summed E-state index contributed by atoms with van der Waals surface area (Å²) in [5.41, 5.74) is 10.9. The largest absolute Gasteiger partial charge is 0.294 e. The Bertz CT molecular complexity index is 1330. The third-order valence-electron chi connectivity index (χ3n) is 5.12. The van der Waals surface area contributed by atoms with E-state index in [1.165, 1.54) is 0 Å². The molecule has 0 aliphatic heterocycles.